The third-order valence-electron chi connectivity index (χ3n) is 8.41. The molecule has 1 aliphatic carbocycles. The van der Waals surface area contributed by atoms with E-state index in [1.54, 1.807) is 39.1 Å². The number of hydrogen-bond donors (Lipinski definition) is 3. The summed E-state index contributed by atoms with van der Waals surface area (Å²) >= 11 is 0. The van der Waals surface area contributed by atoms with Gasteiger partial charge in [0.2, 0.25) is 0 Å². The lowest BCUT2D eigenvalue weighted by atomic mass is 9.72. The largest absolute Gasteiger partial charge is 0.456 e. The van der Waals surface area contributed by atoms with E-state index in [1.807, 2.05) is 31.2 Å². The first-order chi connectivity index (χ1) is 20.9. The Hall–Kier alpha value is -4.34. The number of aromatic nitrogens is 5. The van der Waals surface area contributed by atoms with Crippen LogP contribution in [-0.2, 0) is 28.5 Å². The van der Waals surface area contributed by atoms with Crippen molar-refractivity contribution in [2.24, 2.45) is 17.8 Å². The van der Waals surface area contributed by atoms with Gasteiger partial charge >= 0.3 is 18.0 Å². The van der Waals surface area contributed by atoms with Gasteiger partial charge in [0.05, 0.1) is 0 Å². The normalized spacial score (nSPS) is 33.9. The summed E-state index contributed by atoms with van der Waals surface area (Å²) < 4.78 is 30.0. The molecule has 0 amide bonds. The lowest BCUT2D eigenvalue weighted by molar-refractivity contribution is -0.199. The van der Waals surface area contributed by atoms with Crippen molar-refractivity contribution in [2.45, 2.75) is 70.4 Å². The smallest absolute Gasteiger partial charge is 0.439 e. The number of esters is 2. The average molecular weight is 613 g/mol. The Kier molecular flexibility index (Phi) is 8.72. The topological polar surface area (TPSA) is 203 Å². The predicted molar refractivity (Wildman–Crippen MR) is 151 cm³/mol. The molecule has 0 aromatic carbocycles. The molecule has 15 nitrogen and oxygen atoms in total. The van der Waals surface area contributed by atoms with Crippen LogP contribution in [0.15, 0.2) is 53.8 Å². The molecule has 2 aromatic heterocycles. The van der Waals surface area contributed by atoms with Crippen LogP contribution in [0.1, 0.15) is 44.6 Å². The second-order valence-corrected chi connectivity index (χ2v) is 11.3. The number of H-pyrrole nitrogens is 1. The number of nitrogens with one attached hydrogen (secondary N) is 1. The number of nitrogen functional groups attached to an aromatic ring is 1. The molecule has 2 aromatic rings. The molecular weight excluding hydrogens is 576 g/mol. The van der Waals surface area contributed by atoms with Gasteiger partial charge in [0.1, 0.15) is 29.6 Å². The molecule has 4 N–H and O–H groups in total. The van der Waals surface area contributed by atoms with Gasteiger partial charge in [0.25, 0.3) is 5.95 Å². The van der Waals surface area contributed by atoms with Crippen LogP contribution in [0.4, 0.5) is 10.7 Å². The molecule has 0 radical (unpaired) electrons. The van der Waals surface area contributed by atoms with Gasteiger partial charge in [-0.15, -0.1) is 4.68 Å². The van der Waals surface area contributed by atoms with Gasteiger partial charge in [-0.2, -0.15) is 0 Å². The van der Waals surface area contributed by atoms with Crippen LogP contribution in [0.5, 0.6) is 0 Å². The van der Waals surface area contributed by atoms with Crippen molar-refractivity contribution in [3.8, 4) is 0 Å². The van der Waals surface area contributed by atoms with Gasteiger partial charge in [-0.3, -0.25) is 0 Å². The molecule has 1 spiro atoms. The zero-order valence-corrected chi connectivity index (χ0v) is 24.9. The van der Waals surface area contributed by atoms with Crippen molar-refractivity contribution in [3.05, 3.63) is 59.5 Å². The van der Waals surface area contributed by atoms with Crippen LogP contribution < -0.4 is 5.73 Å². The number of carbonyl (C=O) groups excluding carboxylic acids is 3. The first-order valence-corrected chi connectivity index (χ1v) is 14.2. The fourth-order valence-electron chi connectivity index (χ4n) is 5.98. The maximum absolute atomic E-state index is 13.4. The fourth-order valence-corrected chi connectivity index (χ4v) is 5.98. The molecule has 9 atom stereocenters. The third-order valence-corrected chi connectivity index (χ3v) is 8.41. The maximum Gasteiger partial charge on any atom is 0.439 e. The number of carbonyl (C=O) groups is 3. The Labute approximate surface area is 253 Å². The summed E-state index contributed by atoms with van der Waals surface area (Å²) in [4.78, 5) is 41.9. The van der Waals surface area contributed by atoms with E-state index < -0.39 is 72.1 Å². The number of tetrazole rings is 1. The Balaban J connectivity index is 1.51. The minimum atomic E-state index is -1.35. The number of aliphatic hydroxyl groups is 1. The molecule has 0 saturated carbocycles. The number of hydrogen-bond acceptors (Lipinski definition) is 13. The molecular formula is C29H36N6O9. The van der Waals surface area contributed by atoms with Crippen LogP contribution in [0, 0.1) is 17.8 Å². The zero-order valence-electron chi connectivity index (χ0n) is 24.9. The Morgan fingerprint density at radius 2 is 2.09 bits per heavy atom. The van der Waals surface area contributed by atoms with Crippen LogP contribution in [-0.4, -0.2) is 91.7 Å². The van der Waals surface area contributed by atoms with E-state index >= 15 is 0 Å². The van der Waals surface area contributed by atoms with Gasteiger partial charge < -0.3 is 39.5 Å². The number of nitrogens with zero attached hydrogens (tertiary/aromatic N) is 4. The number of aliphatic hydroxyl groups excluding tert-OH is 1. The standard InChI is InChI=1S/C29H36N6O9/c1-14-11-15(2)29-13-18(23(16(3)24(36)44-29)43-25(37)20-7-6-10-31-20)8-9-19(29)12-21(40-5)26(38)42-22(14)17(4)41-28(39)35-27(30)32-33-34-35/h6-11,13-14,16-17,19,21-24,31,36H,12H2,1-5H3,(H2,30,32,34)/b15-11+/t14-,16+,17?,19-,21+,22+,23-,24?,29+/m1/s1. The van der Waals surface area contributed by atoms with E-state index in [1.165, 1.54) is 7.11 Å². The van der Waals surface area contributed by atoms with Crippen LogP contribution in [0.2, 0.25) is 0 Å². The number of anilines is 1. The highest BCUT2D eigenvalue weighted by Gasteiger charge is 2.50. The molecule has 2 unspecified atom stereocenters. The van der Waals surface area contributed by atoms with Crippen molar-refractivity contribution < 1.29 is 43.2 Å². The molecule has 44 heavy (non-hydrogen) atoms. The lowest BCUT2D eigenvalue weighted by Crippen LogP contribution is -2.48. The molecule has 15 heteroatoms. The van der Waals surface area contributed by atoms with Crippen molar-refractivity contribution in [1.82, 2.24) is 25.2 Å². The zero-order chi connectivity index (χ0) is 31.8. The van der Waals surface area contributed by atoms with Gasteiger partial charge in [-0.25, -0.2) is 14.4 Å². The second-order valence-electron chi connectivity index (χ2n) is 11.3. The van der Waals surface area contributed by atoms with E-state index in [2.05, 4.69) is 20.5 Å². The fraction of sp³-hybridized carbons (Fsp3) is 0.517. The van der Waals surface area contributed by atoms with E-state index in [-0.39, 0.29) is 18.1 Å². The van der Waals surface area contributed by atoms with Crippen molar-refractivity contribution >= 4 is 24.0 Å². The molecule has 5 rings (SSSR count). The summed E-state index contributed by atoms with van der Waals surface area (Å²) in [5.74, 6) is -3.14. The lowest BCUT2D eigenvalue weighted by Gasteiger charge is -2.43. The highest BCUT2D eigenvalue weighted by atomic mass is 16.6. The first kappa shape index (κ1) is 31.1. The van der Waals surface area contributed by atoms with Crippen LogP contribution in [0.25, 0.3) is 0 Å². The van der Waals surface area contributed by atoms with Crippen molar-refractivity contribution in [3.63, 3.8) is 0 Å². The SMILES string of the molecule is CO[C@H]1C[C@H]2C=CC3=C[C@]2(OC(O)[C@@H](C)[C@H]3OC(=O)c2ccc[nH]2)/C(C)=C/[C@@H](C)[C@@H](C(C)OC(=O)n2nnnc2N)OC1=O. The van der Waals surface area contributed by atoms with E-state index in [4.69, 9.17) is 29.4 Å². The monoisotopic (exact) mass is 612 g/mol. The summed E-state index contributed by atoms with van der Waals surface area (Å²) in [6.45, 7) is 6.95. The highest BCUT2D eigenvalue weighted by molar-refractivity contribution is 5.87. The van der Waals surface area contributed by atoms with Crippen LogP contribution >= 0.6 is 0 Å². The van der Waals surface area contributed by atoms with Crippen LogP contribution in [0.3, 0.4) is 0 Å². The summed E-state index contributed by atoms with van der Waals surface area (Å²) in [7, 11) is 1.39. The Bertz CT molecular complexity index is 1480. The van der Waals surface area contributed by atoms with E-state index in [9.17, 15) is 19.5 Å². The quantitative estimate of drug-likeness (QED) is 0.191. The van der Waals surface area contributed by atoms with E-state index in [0.717, 1.165) is 0 Å². The Morgan fingerprint density at radius 1 is 1.32 bits per heavy atom. The van der Waals surface area contributed by atoms with Gasteiger partial charge in [0, 0.05) is 31.1 Å². The Morgan fingerprint density at radius 3 is 2.75 bits per heavy atom. The number of methoxy groups -OCH3 is 1. The molecule has 2 aliphatic heterocycles. The van der Waals surface area contributed by atoms with Gasteiger partial charge in [0.15, 0.2) is 12.4 Å². The minimum absolute atomic E-state index is 0.130. The van der Waals surface area contributed by atoms with Crippen molar-refractivity contribution in [1.29, 1.82) is 0 Å². The van der Waals surface area contributed by atoms with Gasteiger partial charge in [-0.05, 0) is 60.1 Å². The van der Waals surface area contributed by atoms with E-state index in [0.29, 0.717) is 15.8 Å². The molecule has 2 bridgehead atoms. The number of ether oxygens (including phenoxy) is 5. The summed E-state index contributed by atoms with van der Waals surface area (Å²) in [5.41, 5.74) is 6.00. The number of rotatable bonds is 5. The molecule has 3 aliphatic rings. The predicted octanol–water partition coefficient (Wildman–Crippen LogP) is 1.93. The van der Waals surface area contributed by atoms with Crippen molar-refractivity contribution in [2.75, 3.05) is 12.8 Å². The summed E-state index contributed by atoms with van der Waals surface area (Å²) in [6, 6.07) is 3.29. The summed E-state index contributed by atoms with van der Waals surface area (Å²) in [6.07, 6.45) is 3.06. The summed E-state index contributed by atoms with van der Waals surface area (Å²) in [5, 5.41) is 21.7. The minimum Gasteiger partial charge on any atom is -0.456 e. The highest BCUT2D eigenvalue weighted by Crippen LogP contribution is 2.46. The van der Waals surface area contributed by atoms with Gasteiger partial charge in [-0.1, -0.05) is 37.2 Å². The number of aromatic amines is 1. The molecule has 4 heterocycles. The maximum atomic E-state index is 13.4. The third kappa shape index (κ3) is 5.77. The first-order valence-electron chi connectivity index (χ1n) is 14.2. The molecule has 0 fully saturated rings. The number of cyclic esters (lactones) is 1. The molecule has 236 valence electrons. The number of nitrogens with two attached hydrogens (primary N) is 1. The second kappa shape index (κ2) is 12.3. The average Bonchev–Trinajstić information content (AvgIpc) is 3.67. The molecule has 0 saturated heterocycles.